The lowest BCUT2D eigenvalue weighted by Gasteiger charge is -2.26. The number of hydrogen-bond donors (Lipinski definition) is 1. The molecular weight excluding hydrogens is 316 g/mol. The molecule has 0 aliphatic carbocycles. The minimum atomic E-state index is -0.226. The van der Waals surface area contributed by atoms with Crippen LogP contribution < -0.4 is 10.6 Å². The molecule has 1 atom stereocenters. The summed E-state index contributed by atoms with van der Waals surface area (Å²) >= 11 is 1.85. The summed E-state index contributed by atoms with van der Waals surface area (Å²) < 4.78 is 0.00613. The summed E-state index contributed by atoms with van der Waals surface area (Å²) in [6, 6.07) is 18.9. The molecule has 0 bridgehead atoms. The Morgan fingerprint density at radius 1 is 1.12 bits per heavy atom. The Balaban J connectivity index is 1.74. The van der Waals surface area contributed by atoms with Crippen molar-refractivity contribution in [1.82, 2.24) is 0 Å². The highest BCUT2D eigenvalue weighted by molar-refractivity contribution is 8.00. The van der Waals surface area contributed by atoms with Crippen LogP contribution in [0.25, 0.3) is 0 Å². The van der Waals surface area contributed by atoms with E-state index in [1.807, 2.05) is 17.8 Å². The highest BCUT2D eigenvalue weighted by atomic mass is 32.2. The van der Waals surface area contributed by atoms with Crippen molar-refractivity contribution in [1.29, 1.82) is 0 Å². The summed E-state index contributed by atoms with van der Waals surface area (Å²) in [6.45, 7) is 5.38. The summed E-state index contributed by atoms with van der Waals surface area (Å²) in [7, 11) is 0. The summed E-state index contributed by atoms with van der Waals surface area (Å²) in [4.78, 5) is 14.9. The first-order chi connectivity index (χ1) is 11.5. The van der Waals surface area contributed by atoms with E-state index in [0.29, 0.717) is 0 Å². The van der Waals surface area contributed by atoms with Gasteiger partial charge >= 0.3 is 0 Å². The first-order valence-electron chi connectivity index (χ1n) is 8.38. The van der Waals surface area contributed by atoms with Crippen LogP contribution in [0.4, 0.5) is 5.69 Å². The van der Waals surface area contributed by atoms with Crippen molar-refractivity contribution in [3.05, 3.63) is 60.2 Å². The number of nitrogens with two attached hydrogens (primary N) is 1. The van der Waals surface area contributed by atoms with E-state index < -0.39 is 0 Å². The topological polar surface area (TPSA) is 46.3 Å². The molecule has 0 aromatic heterocycles. The minimum absolute atomic E-state index is 0.00613. The fourth-order valence-corrected chi connectivity index (χ4v) is 4.39. The van der Waals surface area contributed by atoms with E-state index in [9.17, 15) is 4.79 Å². The number of carbonyl (C=O) groups excluding carboxylic acids is 1. The zero-order chi connectivity index (χ0) is 17.2. The third-order valence-electron chi connectivity index (χ3n) is 4.59. The van der Waals surface area contributed by atoms with Crippen molar-refractivity contribution in [3.8, 4) is 0 Å². The predicted octanol–water partition coefficient (Wildman–Crippen LogP) is 4.17. The van der Waals surface area contributed by atoms with Gasteiger partial charge in [0.1, 0.15) is 6.04 Å². The Kier molecular flexibility index (Phi) is 4.86. The Hall–Kier alpha value is -1.94. The normalized spacial score (nSPS) is 17.9. The van der Waals surface area contributed by atoms with Crippen molar-refractivity contribution < 1.29 is 4.79 Å². The highest BCUT2D eigenvalue weighted by Gasteiger charge is 2.29. The summed E-state index contributed by atoms with van der Waals surface area (Å²) in [5.74, 6) is -0.226. The van der Waals surface area contributed by atoms with Crippen LogP contribution in [0.15, 0.2) is 59.5 Å². The zero-order valence-electron chi connectivity index (χ0n) is 14.2. The number of thioether (sulfide) groups is 1. The fraction of sp³-hybridized carbons (Fsp3) is 0.350. The molecule has 2 N–H and O–H groups in total. The molecule has 0 spiro atoms. The Labute approximate surface area is 148 Å². The molecule has 0 unspecified atom stereocenters. The number of nitrogens with zero attached hydrogens (tertiary/aromatic N) is 1. The third kappa shape index (κ3) is 3.59. The van der Waals surface area contributed by atoms with Crippen LogP contribution in [0.1, 0.15) is 32.3 Å². The molecule has 0 radical (unpaired) electrons. The number of carbonyl (C=O) groups is 1. The quantitative estimate of drug-likeness (QED) is 0.831. The van der Waals surface area contributed by atoms with Gasteiger partial charge in [-0.25, -0.2) is 0 Å². The second-order valence-corrected chi connectivity index (χ2v) is 8.42. The van der Waals surface area contributed by atoms with Gasteiger partial charge in [0, 0.05) is 21.9 Å². The van der Waals surface area contributed by atoms with E-state index in [1.54, 1.807) is 0 Å². The molecule has 4 heteroatoms. The molecule has 0 saturated carbocycles. The summed E-state index contributed by atoms with van der Waals surface area (Å²) in [5.41, 5.74) is 7.91. The molecule has 1 saturated heterocycles. The smallest absolute Gasteiger partial charge is 0.240 e. The number of anilines is 1. The van der Waals surface area contributed by atoms with E-state index >= 15 is 0 Å². The molecule has 1 fully saturated rings. The second kappa shape index (κ2) is 6.89. The van der Waals surface area contributed by atoms with Crippen LogP contribution in [0, 0.1) is 0 Å². The van der Waals surface area contributed by atoms with Crippen LogP contribution >= 0.6 is 11.8 Å². The number of benzene rings is 2. The van der Waals surface area contributed by atoms with Crippen LogP contribution in [0.2, 0.25) is 0 Å². The van der Waals surface area contributed by atoms with Gasteiger partial charge in [0.25, 0.3) is 0 Å². The first-order valence-corrected chi connectivity index (χ1v) is 9.19. The van der Waals surface area contributed by atoms with Crippen LogP contribution in [-0.4, -0.2) is 18.5 Å². The third-order valence-corrected chi connectivity index (χ3v) is 5.85. The average Bonchev–Trinajstić information content (AvgIpc) is 3.06. The lowest BCUT2D eigenvalue weighted by Crippen LogP contribution is -2.40. The number of amides is 1. The molecule has 1 aliphatic heterocycles. The second-order valence-electron chi connectivity index (χ2n) is 6.73. The number of primary amides is 1. The van der Waals surface area contributed by atoms with Gasteiger partial charge in [-0.1, -0.05) is 30.3 Å². The van der Waals surface area contributed by atoms with Crippen molar-refractivity contribution >= 4 is 23.4 Å². The van der Waals surface area contributed by atoms with Gasteiger partial charge in [-0.05, 0) is 56.5 Å². The lowest BCUT2D eigenvalue weighted by atomic mass is 10.0. The van der Waals surface area contributed by atoms with E-state index in [0.717, 1.165) is 25.1 Å². The number of hydrogen-bond acceptors (Lipinski definition) is 3. The van der Waals surface area contributed by atoms with E-state index in [1.165, 1.54) is 10.5 Å². The Morgan fingerprint density at radius 2 is 1.79 bits per heavy atom. The van der Waals surface area contributed by atoms with Gasteiger partial charge in [-0.2, -0.15) is 0 Å². The molecule has 126 valence electrons. The van der Waals surface area contributed by atoms with Gasteiger partial charge in [0.15, 0.2) is 0 Å². The van der Waals surface area contributed by atoms with E-state index in [2.05, 4.69) is 67.3 Å². The van der Waals surface area contributed by atoms with Crippen LogP contribution in [-0.2, 0) is 9.54 Å². The molecule has 1 amide bonds. The zero-order valence-corrected chi connectivity index (χ0v) is 15.1. The minimum Gasteiger partial charge on any atom is -0.368 e. The maximum absolute atomic E-state index is 11.6. The predicted molar refractivity (Wildman–Crippen MR) is 101 cm³/mol. The Bertz CT molecular complexity index is 697. The van der Waals surface area contributed by atoms with Crippen molar-refractivity contribution in [2.24, 2.45) is 5.73 Å². The summed E-state index contributed by atoms with van der Waals surface area (Å²) in [5, 5.41) is 0. The van der Waals surface area contributed by atoms with Crippen molar-refractivity contribution in [3.63, 3.8) is 0 Å². The Morgan fingerprint density at radius 3 is 2.42 bits per heavy atom. The maximum atomic E-state index is 11.6. The molecule has 3 nitrogen and oxygen atoms in total. The molecule has 2 aromatic carbocycles. The van der Waals surface area contributed by atoms with Gasteiger partial charge in [-0.3, -0.25) is 4.79 Å². The molecular formula is C20H24N2OS. The standard InChI is InChI=1S/C20H24N2OS/c1-20(2,15-7-4-3-5-8-15)24-17-12-10-16(11-13-17)22-14-6-9-18(22)19(21)23/h3-5,7-8,10-13,18H,6,9,14H2,1-2H3,(H2,21,23)/t18-/m1/s1. The van der Waals surface area contributed by atoms with Gasteiger partial charge in [0.2, 0.25) is 5.91 Å². The number of rotatable bonds is 5. The molecule has 1 heterocycles. The maximum Gasteiger partial charge on any atom is 0.240 e. The molecule has 1 aliphatic rings. The molecule has 3 rings (SSSR count). The van der Waals surface area contributed by atoms with Crippen molar-refractivity contribution in [2.45, 2.75) is 42.4 Å². The average molecular weight is 340 g/mol. The highest BCUT2D eigenvalue weighted by Crippen LogP contribution is 2.41. The van der Waals surface area contributed by atoms with E-state index in [4.69, 9.17) is 5.73 Å². The summed E-state index contributed by atoms with van der Waals surface area (Å²) in [6.07, 6.45) is 1.87. The lowest BCUT2D eigenvalue weighted by molar-refractivity contribution is -0.119. The van der Waals surface area contributed by atoms with Gasteiger partial charge in [-0.15, -0.1) is 11.8 Å². The first kappa shape index (κ1) is 16.9. The van der Waals surface area contributed by atoms with E-state index in [-0.39, 0.29) is 16.7 Å². The molecule has 24 heavy (non-hydrogen) atoms. The fourth-order valence-electron chi connectivity index (χ4n) is 3.27. The van der Waals surface area contributed by atoms with Crippen LogP contribution in [0.3, 0.4) is 0 Å². The van der Waals surface area contributed by atoms with Gasteiger partial charge < -0.3 is 10.6 Å². The largest absolute Gasteiger partial charge is 0.368 e. The molecule has 2 aromatic rings. The SMILES string of the molecule is CC(C)(Sc1ccc(N2CCC[C@@H]2C(N)=O)cc1)c1ccccc1. The van der Waals surface area contributed by atoms with Gasteiger partial charge in [0.05, 0.1) is 0 Å². The van der Waals surface area contributed by atoms with Crippen molar-refractivity contribution in [2.75, 3.05) is 11.4 Å². The monoisotopic (exact) mass is 340 g/mol. The van der Waals surface area contributed by atoms with Crippen LogP contribution in [0.5, 0.6) is 0 Å².